The monoisotopic (exact) mass is 615 g/mol. The van der Waals surface area contributed by atoms with Crippen molar-refractivity contribution >= 4 is 29.3 Å². The second-order valence-corrected chi connectivity index (χ2v) is 8.37. The van der Waals surface area contributed by atoms with Crippen molar-refractivity contribution in [3.63, 3.8) is 0 Å². The van der Waals surface area contributed by atoms with Crippen LogP contribution in [0.25, 0.3) is 5.69 Å². The van der Waals surface area contributed by atoms with Gasteiger partial charge in [0.2, 0.25) is 5.91 Å². The number of carbonyl (C=O) groups excluding carboxylic acids is 1. The number of nitrogens with zero attached hydrogens (tertiary/aromatic N) is 7. The lowest BCUT2D eigenvalue weighted by molar-refractivity contribution is -0.192. The van der Waals surface area contributed by atoms with Gasteiger partial charge in [-0.05, 0) is 24.3 Å². The molecule has 0 spiro atoms. The molecule has 0 aliphatic rings. The van der Waals surface area contributed by atoms with Crippen LogP contribution in [0.3, 0.4) is 0 Å². The number of amides is 1. The lowest BCUT2D eigenvalue weighted by Crippen LogP contribution is -2.35. The Kier molecular flexibility index (Phi) is 10.2. The highest BCUT2D eigenvalue weighted by molar-refractivity contribution is 6.29. The normalized spacial score (nSPS) is 11.3. The number of hydrogen-bond donors (Lipinski definition) is 3. The smallest absolute Gasteiger partial charge is 0.475 e. The Labute approximate surface area is 237 Å². The van der Waals surface area contributed by atoms with Crippen molar-refractivity contribution in [2.24, 2.45) is 0 Å². The topological polar surface area (TPSA) is 170 Å². The molecule has 19 heteroatoms. The molecule has 13 nitrogen and oxygen atoms in total. The van der Waals surface area contributed by atoms with Crippen molar-refractivity contribution in [3.05, 3.63) is 88.5 Å². The number of aliphatic carboxylic acids is 1. The molecule has 0 atom stereocenters. The Bertz CT molecular complexity index is 1570. The number of halogens is 6. The van der Waals surface area contributed by atoms with E-state index in [0.717, 1.165) is 10.8 Å². The number of hydrogen-bond acceptors (Lipinski definition) is 9. The number of rotatable bonds is 9. The zero-order valence-electron chi connectivity index (χ0n) is 21.0. The minimum Gasteiger partial charge on any atom is -0.475 e. The Morgan fingerprint density at radius 3 is 2.36 bits per heavy atom. The first kappa shape index (κ1) is 31.5. The van der Waals surface area contributed by atoms with E-state index >= 15 is 0 Å². The van der Waals surface area contributed by atoms with Gasteiger partial charge in [0.15, 0.2) is 5.82 Å². The Morgan fingerprint density at radius 2 is 1.74 bits per heavy atom. The van der Waals surface area contributed by atoms with Crippen LogP contribution in [0.2, 0.25) is 5.15 Å². The number of carboxylic acid groups (broad SMARTS) is 1. The van der Waals surface area contributed by atoms with E-state index in [0.29, 0.717) is 11.4 Å². The molecule has 42 heavy (non-hydrogen) atoms. The number of carboxylic acids is 1. The maximum atomic E-state index is 14.4. The summed E-state index contributed by atoms with van der Waals surface area (Å²) in [6, 6.07) is 7.59. The zero-order chi connectivity index (χ0) is 30.9. The Hall–Kier alpha value is -5.00. The van der Waals surface area contributed by atoms with Crippen LogP contribution >= 0.6 is 11.6 Å². The summed E-state index contributed by atoms with van der Waals surface area (Å²) in [4.78, 5) is 49.7. The maximum absolute atomic E-state index is 14.4. The van der Waals surface area contributed by atoms with E-state index in [1.165, 1.54) is 41.7 Å². The van der Waals surface area contributed by atoms with Crippen molar-refractivity contribution in [3.8, 4) is 5.69 Å². The Balaban J connectivity index is 0.000000616. The first-order valence-electron chi connectivity index (χ1n) is 11.4. The highest BCUT2D eigenvalue weighted by Crippen LogP contribution is 2.25. The summed E-state index contributed by atoms with van der Waals surface area (Å²) in [5.74, 6) is -7.05. The predicted molar refractivity (Wildman–Crippen MR) is 135 cm³/mol. The van der Waals surface area contributed by atoms with E-state index in [1.54, 1.807) is 18.3 Å². The summed E-state index contributed by atoms with van der Waals surface area (Å²) >= 11 is 6.05. The van der Waals surface area contributed by atoms with Crippen molar-refractivity contribution in [2.75, 3.05) is 11.9 Å². The van der Waals surface area contributed by atoms with Crippen molar-refractivity contribution < 1.29 is 36.6 Å². The standard InChI is InChI=1S/C21H18ClF2N9O2.C2HF3O2/c22-17-9-29-19(30-11-21(23,24)16-5-1-2-6-27-16)20(35)32(17)10-18(34)28-8-14-15(4-3-7-26-14)33-13-25-12-31-33;3-2(4,5)1(6)7/h1-7,9,12-13H,8,10-11H2,(H,28,34)(H,29,30);(H,6,7). The van der Waals surface area contributed by atoms with E-state index in [9.17, 15) is 31.5 Å². The lowest BCUT2D eigenvalue weighted by Gasteiger charge is -2.17. The number of pyridine rings is 2. The number of alkyl halides is 5. The van der Waals surface area contributed by atoms with Crippen LogP contribution in [0.4, 0.5) is 27.8 Å². The second-order valence-electron chi connectivity index (χ2n) is 7.98. The number of nitrogens with one attached hydrogen (secondary N) is 2. The molecule has 0 aliphatic carbocycles. The lowest BCUT2D eigenvalue weighted by atomic mass is 10.2. The van der Waals surface area contributed by atoms with Gasteiger partial charge in [-0.25, -0.2) is 19.4 Å². The van der Waals surface area contributed by atoms with Crippen molar-refractivity contribution in [1.82, 2.24) is 39.6 Å². The van der Waals surface area contributed by atoms with Gasteiger partial charge >= 0.3 is 18.1 Å². The van der Waals surface area contributed by atoms with Gasteiger partial charge in [0.1, 0.15) is 30.0 Å². The molecule has 0 saturated heterocycles. The average Bonchev–Trinajstić information content (AvgIpc) is 3.49. The third-order valence-electron chi connectivity index (χ3n) is 5.05. The fourth-order valence-electron chi connectivity index (χ4n) is 3.09. The van der Waals surface area contributed by atoms with Gasteiger partial charge in [0, 0.05) is 12.4 Å². The van der Waals surface area contributed by atoms with Gasteiger partial charge in [-0.15, -0.1) is 0 Å². The number of aromatic nitrogens is 7. The summed E-state index contributed by atoms with van der Waals surface area (Å²) in [5.41, 5.74) is -0.157. The predicted octanol–water partition coefficient (Wildman–Crippen LogP) is 2.42. The van der Waals surface area contributed by atoms with Crippen LogP contribution in [0, 0.1) is 0 Å². The summed E-state index contributed by atoms with van der Waals surface area (Å²) < 4.78 is 62.9. The van der Waals surface area contributed by atoms with E-state index in [1.807, 2.05) is 0 Å². The molecule has 4 heterocycles. The maximum Gasteiger partial charge on any atom is 0.490 e. The summed E-state index contributed by atoms with van der Waals surface area (Å²) in [5, 5.41) is 16.0. The van der Waals surface area contributed by atoms with Crippen LogP contribution in [-0.2, 0) is 28.6 Å². The molecule has 0 bridgehead atoms. The molecule has 0 aromatic carbocycles. The molecule has 4 aromatic rings. The summed E-state index contributed by atoms with van der Waals surface area (Å²) in [6.45, 7) is -1.35. The third kappa shape index (κ3) is 8.50. The van der Waals surface area contributed by atoms with Crippen LogP contribution < -0.4 is 16.2 Å². The average molecular weight is 616 g/mol. The summed E-state index contributed by atoms with van der Waals surface area (Å²) in [7, 11) is 0. The quantitative estimate of drug-likeness (QED) is 0.238. The number of anilines is 1. The largest absolute Gasteiger partial charge is 0.490 e. The molecule has 0 aliphatic heterocycles. The first-order chi connectivity index (χ1) is 19.8. The molecule has 3 N–H and O–H groups in total. The second kappa shape index (κ2) is 13.6. The molecular formula is C23H19ClF5N9O4. The SMILES string of the molecule is O=C(Cn1c(Cl)cnc(NCC(F)(F)c2ccccn2)c1=O)NCc1ncccc1-n1cncn1.O=C(O)C(F)(F)F. The van der Waals surface area contributed by atoms with Gasteiger partial charge < -0.3 is 15.7 Å². The first-order valence-corrected chi connectivity index (χ1v) is 11.8. The van der Waals surface area contributed by atoms with Gasteiger partial charge in [0.05, 0.1) is 30.7 Å². The van der Waals surface area contributed by atoms with Crippen molar-refractivity contribution in [1.29, 1.82) is 0 Å². The van der Waals surface area contributed by atoms with E-state index < -0.39 is 48.3 Å². The van der Waals surface area contributed by atoms with Crippen LogP contribution in [-0.4, -0.2) is 64.0 Å². The van der Waals surface area contributed by atoms with E-state index in [2.05, 4.69) is 35.7 Å². The molecule has 0 unspecified atom stereocenters. The highest BCUT2D eigenvalue weighted by Gasteiger charge is 2.38. The molecule has 0 radical (unpaired) electrons. The minimum atomic E-state index is -5.08. The van der Waals surface area contributed by atoms with E-state index in [-0.39, 0.29) is 17.5 Å². The number of carbonyl (C=O) groups is 2. The molecule has 4 aromatic heterocycles. The molecular weight excluding hydrogens is 597 g/mol. The summed E-state index contributed by atoms with van der Waals surface area (Å²) in [6.07, 6.45) is 1.68. The third-order valence-corrected chi connectivity index (χ3v) is 5.35. The van der Waals surface area contributed by atoms with Crippen molar-refractivity contribution in [2.45, 2.75) is 25.2 Å². The fraction of sp³-hybridized carbons (Fsp3) is 0.217. The molecule has 0 saturated carbocycles. The minimum absolute atomic E-state index is 0.0354. The van der Waals surface area contributed by atoms with Gasteiger partial charge in [0.25, 0.3) is 5.56 Å². The molecule has 222 valence electrons. The fourth-order valence-corrected chi connectivity index (χ4v) is 3.27. The Morgan fingerprint density at radius 1 is 1.02 bits per heavy atom. The van der Waals surface area contributed by atoms with E-state index in [4.69, 9.17) is 21.5 Å². The zero-order valence-corrected chi connectivity index (χ0v) is 21.7. The molecule has 1 amide bonds. The van der Waals surface area contributed by atoms with Crippen LogP contribution in [0.5, 0.6) is 0 Å². The molecule has 0 fully saturated rings. The molecule has 4 rings (SSSR count). The van der Waals surface area contributed by atoms with Gasteiger partial charge in [-0.3, -0.25) is 24.1 Å². The van der Waals surface area contributed by atoms with Crippen LogP contribution in [0.15, 0.2) is 66.4 Å². The van der Waals surface area contributed by atoms with Gasteiger partial charge in [-0.2, -0.15) is 27.1 Å². The van der Waals surface area contributed by atoms with Gasteiger partial charge in [-0.1, -0.05) is 17.7 Å². The highest BCUT2D eigenvalue weighted by atomic mass is 35.5. The van der Waals surface area contributed by atoms with Crippen LogP contribution in [0.1, 0.15) is 11.4 Å².